The Kier molecular flexibility index (Phi) is 4.27. The topological polar surface area (TPSA) is 48.1 Å². The van der Waals surface area contributed by atoms with E-state index in [2.05, 4.69) is 13.0 Å². The van der Waals surface area contributed by atoms with E-state index >= 15 is 0 Å². The molecule has 0 saturated carbocycles. The molecule has 0 radical (unpaired) electrons. The minimum absolute atomic E-state index is 0.0230. The van der Waals surface area contributed by atoms with E-state index in [1.54, 1.807) is 7.11 Å². The molecule has 4 heteroatoms. The largest absolute Gasteiger partial charge is 0.497 e. The first-order chi connectivity index (χ1) is 10.2. The number of aromatic nitrogens is 1. The van der Waals surface area contributed by atoms with Crippen LogP contribution in [0, 0.1) is 5.92 Å². The van der Waals surface area contributed by atoms with Crippen molar-refractivity contribution in [2.75, 3.05) is 7.11 Å². The van der Waals surface area contributed by atoms with Crippen LogP contribution in [0.25, 0.3) is 0 Å². The van der Waals surface area contributed by atoms with E-state index in [4.69, 9.17) is 15.5 Å². The fourth-order valence-electron chi connectivity index (χ4n) is 2.86. The number of hydrogen-bond acceptors (Lipinski definition) is 4. The van der Waals surface area contributed by atoms with Gasteiger partial charge in [0.15, 0.2) is 0 Å². The van der Waals surface area contributed by atoms with Gasteiger partial charge in [-0.2, -0.15) is 0 Å². The fraction of sp³-hybridized carbons (Fsp3) is 0.471. The van der Waals surface area contributed by atoms with Crippen molar-refractivity contribution >= 4 is 11.3 Å². The van der Waals surface area contributed by atoms with Crippen LogP contribution < -0.4 is 10.5 Å². The third-order valence-electron chi connectivity index (χ3n) is 4.15. The van der Waals surface area contributed by atoms with Crippen LogP contribution in [-0.4, -0.2) is 12.1 Å². The predicted molar refractivity (Wildman–Crippen MR) is 86.9 cm³/mol. The average Bonchev–Trinajstić information content (AvgIpc) is 2.88. The second-order valence-electron chi connectivity index (χ2n) is 5.91. The van der Waals surface area contributed by atoms with Crippen LogP contribution in [0.2, 0.25) is 0 Å². The van der Waals surface area contributed by atoms with Crippen LogP contribution in [0.5, 0.6) is 5.75 Å². The number of ether oxygens (including phenoxy) is 1. The molecule has 1 aromatic heterocycles. The van der Waals surface area contributed by atoms with Gasteiger partial charge in [0, 0.05) is 17.3 Å². The van der Waals surface area contributed by atoms with E-state index in [9.17, 15) is 0 Å². The molecule has 2 atom stereocenters. The molecule has 1 aliphatic carbocycles. The van der Waals surface area contributed by atoms with E-state index in [-0.39, 0.29) is 6.04 Å². The lowest BCUT2D eigenvalue weighted by Gasteiger charge is -2.15. The molecule has 1 heterocycles. The van der Waals surface area contributed by atoms with Gasteiger partial charge in [-0.25, -0.2) is 4.98 Å². The Balaban J connectivity index is 1.74. The summed E-state index contributed by atoms with van der Waals surface area (Å²) < 4.78 is 5.26. The number of hydrogen-bond donors (Lipinski definition) is 1. The lowest BCUT2D eigenvalue weighted by atomic mass is 9.93. The van der Waals surface area contributed by atoms with Crippen LogP contribution >= 0.6 is 11.3 Å². The molecule has 0 fully saturated rings. The SMILES string of the molecule is COc1cccc(C(N)Cc2nc3c(s2)CC(C)CC3)c1. The van der Waals surface area contributed by atoms with Crippen molar-refractivity contribution in [2.24, 2.45) is 11.7 Å². The van der Waals surface area contributed by atoms with Gasteiger partial charge in [0.25, 0.3) is 0 Å². The highest BCUT2D eigenvalue weighted by molar-refractivity contribution is 7.11. The van der Waals surface area contributed by atoms with Crippen molar-refractivity contribution in [3.05, 3.63) is 45.4 Å². The van der Waals surface area contributed by atoms with Crippen molar-refractivity contribution in [2.45, 2.75) is 38.6 Å². The lowest BCUT2D eigenvalue weighted by molar-refractivity contribution is 0.414. The van der Waals surface area contributed by atoms with Gasteiger partial charge in [-0.05, 0) is 42.9 Å². The first-order valence-electron chi connectivity index (χ1n) is 7.52. The Hall–Kier alpha value is -1.39. The number of aryl methyl sites for hydroxylation is 1. The smallest absolute Gasteiger partial charge is 0.119 e. The third kappa shape index (κ3) is 3.27. The molecule has 21 heavy (non-hydrogen) atoms. The molecule has 112 valence electrons. The zero-order chi connectivity index (χ0) is 14.8. The normalized spacial score (nSPS) is 19.1. The number of rotatable bonds is 4. The maximum Gasteiger partial charge on any atom is 0.119 e. The first kappa shape index (κ1) is 14.5. The van der Waals surface area contributed by atoms with Gasteiger partial charge < -0.3 is 10.5 Å². The van der Waals surface area contributed by atoms with Crippen molar-refractivity contribution in [1.82, 2.24) is 4.98 Å². The minimum Gasteiger partial charge on any atom is -0.497 e. The summed E-state index contributed by atoms with van der Waals surface area (Å²) in [6.45, 7) is 2.32. The monoisotopic (exact) mass is 302 g/mol. The quantitative estimate of drug-likeness (QED) is 0.940. The van der Waals surface area contributed by atoms with Crippen LogP contribution in [0.1, 0.15) is 40.5 Å². The van der Waals surface area contributed by atoms with Crippen molar-refractivity contribution in [1.29, 1.82) is 0 Å². The van der Waals surface area contributed by atoms with E-state index < -0.39 is 0 Å². The van der Waals surface area contributed by atoms with Gasteiger partial charge >= 0.3 is 0 Å². The zero-order valence-electron chi connectivity index (χ0n) is 12.6. The van der Waals surface area contributed by atoms with E-state index in [0.29, 0.717) is 0 Å². The molecule has 3 nitrogen and oxygen atoms in total. The summed E-state index contributed by atoms with van der Waals surface area (Å²) in [6.07, 6.45) is 4.38. The van der Waals surface area contributed by atoms with E-state index in [0.717, 1.165) is 30.1 Å². The summed E-state index contributed by atoms with van der Waals surface area (Å²) >= 11 is 1.85. The van der Waals surface area contributed by atoms with Crippen LogP contribution in [0.15, 0.2) is 24.3 Å². The lowest BCUT2D eigenvalue weighted by Crippen LogP contribution is -2.13. The third-order valence-corrected chi connectivity index (χ3v) is 5.29. The predicted octanol–water partition coefficient (Wildman–Crippen LogP) is 3.52. The van der Waals surface area contributed by atoms with Gasteiger partial charge in [0.1, 0.15) is 5.75 Å². The molecule has 2 unspecified atom stereocenters. The average molecular weight is 302 g/mol. The first-order valence-corrected chi connectivity index (χ1v) is 8.34. The van der Waals surface area contributed by atoms with Crippen molar-refractivity contribution in [3.63, 3.8) is 0 Å². The second kappa shape index (κ2) is 6.16. The molecule has 2 aromatic rings. The Labute approximate surface area is 130 Å². The standard InChI is InChI=1S/C17H22N2OS/c1-11-6-7-15-16(8-11)21-17(19-15)10-14(18)12-4-3-5-13(9-12)20-2/h3-5,9,11,14H,6-8,10,18H2,1-2H3. The molecule has 0 saturated heterocycles. The van der Waals surface area contributed by atoms with Crippen LogP contribution in [-0.2, 0) is 19.3 Å². The molecule has 0 aliphatic heterocycles. The number of thiazole rings is 1. The van der Waals surface area contributed by atoms with E-state index in [1.807, 2.05) is 29.5 Å². The Morgan fingerprint density at radius 3 is 3.14 bits per heavy atom. The summed E-state index contributed by atoms with van der Waals surface area (Å²) in [7, 11) is 1.68. The second-order valence-corrected chi connectivity index (χ2v) is 7.08. The molecule has 3 rings (SSSR count). The summed E-state index contributed by atoms with van der Waals surface area (Å²) in [4.78, 5) is 6.27. The maximum absolute atomic E-state index is 6.35. The van der Waals surface area contributed by atoms with Crippen molar-refractivity contribution in [3.8, 4) is 5.75 Å². The number of benzene rings is 1. The molecule has 1 aliphatic rings. The van der Waals surface area contributed by atoms with Gasteiger partial charge in [-0.3, -0.25) is 0 Å². The van der Waals surface area contributed by atoms with E-state index in [1.165, 1.54) is 28.4 Å². The molecular formula is C17H22N2OS. The highest BCUT2D eigenvalue weighted by atomic mass is 32.1. The Morgan fingerprint density at radius 1 is 1.48 bits per heavy atom. The molecule has 0 bridgehead atoms. The van der Waals surface area contributed by atoms with Crippen LogP contribution in [0.4, 0.5) is 0 Å². The molecule has 0 spiro atoms. The van der Waals surface area contributed by atoms with Gasteiger partial charge in [-0.15, -0.1) is 11.3 Å². The Morgan fingerprint density at radius 2 is 2.33 bits per heavy atom. The summed E-state index contributed by atoms with van der Waals surface area (Å²) in [5.41, 5.74) is 8.77. The molecular weight excluding hydrogens is 280 g/mol. The summed E-state index contributed by atoms with van der Waals surface area (Å²) in [6, 6.07) is 7.98. The summed E-state index contributed by atoms with van der Waals surface area (Å²) in [5.74, 6) is 1.65. The minimum atomic E-state index is -0.0230. The highest BCUT2D eigenvalue weighted by Gasteiger charge is 2.20. The highest BCUT2D eigenvalue weighted by Crippen LogP contribution is 2.31. The Bertz CT molecular complexity index is 623. The van der Waals surface area contributed by atoms with Crippen LogP contribution in [0.3, 0.4) is 0 Å². The molecule has 2 N–H and O–H groups in total. The number of nitrogens with zero attached hydrogens (tertiary/aromatic N) is 1. The number of fused-ring (bicyclic) bond motifs is 1. The summed E-state index contributed by atoms with van der Waals surface area (Å²) in [5, 5.41) is 1.17. The molecule has 1 aromatic carbocycles. The number of methoxy groups -OCH3 is 1. The maximum atomic E-state index is 6.35. The van der Waals surface area contributed by atoms with Gasteiger partial charge in [0.2, 0.25) is 0 Å². The van der Waals surface area contributed by atoms with Gasteiger partial charge in [0.05, 0.1) is 17.8 Å². The fourth-order valence-corrected chi connectivity index (χ4v) is 4.20. The van der Waals surface area contributed by atoms with Gasteiger partial charge in [-0.1, -0.05) is 19.1 Å². The zero-order valence-corrected chi connectivity index (χ0v) is 13.5. The number of nitrogens with two attached hydrogens (primary N) is 1. The molecule has 0 amide bonds. The van der Waals surface area contributed by atoms with Crippen molar-refractivity contribution < 1.29 is 4.74 Å².